The van der Waals surface area contributed by atoms with Gasteiger partial charge in [-0.1, -0.05) is 31.2 Å². The maximum absolute atomic E-state index is 12.4. The van der Waals surface area contributed by atoms with Crippen LogP contribution in [0, 0.1) is 0 Å². The normalized spacial score (nSPS) is 11.6. The third-order valence-corrected chi connectivity index (χ3v) is 7.04. The van der Waals surface area contributed by atoms with Gasteiger partial charge in [-0.15, -0.1) is 0 Å². The highest BCUT2D eigenvalue weighted by Crippen LogP contribution is 2.22. The molecule has 0 aromatic heterocycles. The number of aliphatic carboxylic acids is 1. The first-order valence-corrected chi connectivity index (χ1v) is 17.6. The molecule has 0 aliphatic carbocycles. The van der Waals surface area contributed by atoms with Gasteiger partial charge in [0.15, 0.2) is 0 Å². The lowest BCUT2D eigenvalue weighted by atomic mass is 10.0. The minimum atomic E-state index is -0.883. The summed E-state index contributed by atoms with van der Waals surface area (Å²) in [4.78, 5) is 49.3. The number of carboxylic acid groups (broad SMARTS) is 1. The lowest BCUT2D eigenvalue weighted by Gasteiger charge is -2.27. The molecule has 0 aliphatic heterocycles. The number of phenols is 2. The topological polar surface area (TPSA) is 163 Å². The zero-order valence-corrected chi connectivity index (χ0v) is 33.3. The zero-order valence-electron chi connectivity index (χ0n) is 33.3. The molecule has 0 amide bonds. The highest BCUT2D eigenvalue weighted by atomic mass is 16.6. The van der Waals surface area contributed by atoms with Crippen molar-refractivity contribution in [1.29, 1.82) is 0 Å². The number of nitrogens with zero attached hydrogens (tertiary/aromatic N) is 2. The number of aldehydes is 1. The van der Waals surface area contributed by atoms with Gasteiger partial charge < -0.3 is 34.3 Å². The van der Waals surface area contributed by atoms with Gasteiger partial charge in [0, 0.05) is 45.1 Å². The first kappa shape index (κ1) is 48.0. The molecule has 12 nitrogen and oxygen atoms in total. The molecule has 2 rings (SSSR count). The molecular weight excluding hydrogens is 668 g/mol. The van der Waals surface area contributed by atoms with E-state index in [4.69, 9.17) is 24.4 Å². The number of methoxy groups -OCH3 is 1. The van der Waals surface area contributed by atoms with E-state index in [0.29, 0.717) is 57.5 Å². The fourth-order valence-electron chi connectivity index (χ4n) is 4.25. The van der Waals surface area contributed by atoms with Crippen molar-refractivity contribution in [2.75, 3.05) is 39.8 Å². The summed E-state index contributed by atoms with van der Waals surface area (Å²) in [5.74, 6) is -1.13. The van der Waals surface area contributed by atoms with Crippen LogP contribution in [0.1, 0.15) is 98.8 Å². The van der Waals surface area contributed by atoms with Crippen molar-refractivity contribution < 1.29 is 48.7 Å². The molecule has 2 aromatic rings. The second-order valence-corrected chi connectivity index (χ2v) is 15.3. The number of phenolic OH excluding ortho intramolecular Hbond substituents is 2. The third-order valence-electron chi connectivity index (χ3n) is 7.04. The molecule has 0 bridgehead atoms. The van der Waals surface area contributed by atoms with Gasteiger partial charge in [-0.3, -0.25) is 24.2 Å². The number of benzene rings is 2. The SMILES string of the molecule is CC(C)(C)OC(=O)CCc1ccc(O)cc1.CCN(CC=O)CCN(CC(=O)OC(C)(C)C)Cc1cc(CCC(=O)O)ccc1O.COC(C)(C)C. The van der Waals surface area contributed by atoms with Gasteiger partial charge in [0.2, 0.25) is 0 Å². The van der Waals surface area contributed by atoms with Gasteiger partial charge in [-0.05, 0) is 111 Å². The van der Waals surface area contributed by atoms with Crippen LogP contribution in [-0.4, -0.2) is 106 Å². The predicted molar refractivity (Wildman–Crippen MR) is 202 cm³/mol. The summed E-state index contributed by atoms with van der Waals surface area (Å²) in [5, 5.41) is 28.3. The van der Waals surface area contributed by atoms with E-state index in [1.54, 1.807) is 70.3 Å². The van der Waals surface area contributed by atoms with Crippen LogP contribution in [0.3, 0.4) is 0 Å². The van der Waals surface area contributed by atoms with E-state index in [9.17, 15) is 24.3 Å². The van der Waals surface area contributed by atoms with Crippen molar-refractivity contribution in [3.05, 3.63) is 59.2 Å². The molecule has 0 unspecified atom stereocenters. The summed E-state index contributed by atoms with van der Waals surface area (Å²) in [6.45, 7) is 21.4. The summed E-state index contributed by atoms with van der Waals surface area (Å²) in [7, 11) is 1.71. The fourth-order valence-corrected chi connectivity index (χ4v) is 4.25. The Morgan fingerprint density at radius 3 is 1.71 bits per heavy atom. The second-order valence-electron chi connectivity index (χ2n) is 15.3. The number of ether oxygens (including phenoxy) is 3. The van der Waals surface area contributed by atoms with Crippen molar-refractivity contribution in [2.45, 2.75) is 118 Å². The summed E-state index contributed by atoms with van der Waals surface area (Å²) in [6.07, 6.45) is 2.21. The van der Waals surface area contributed by atoms with Crippen molar-refractivity contribution in [1.82, 2.24) is 9.80 Å². The standard InChI is InChI=1S/C22H34N2O6.C13H18O3.C5H12O/c1-5-23(12-13-25)10-11-24(16-21(29)30-22(2,3)4)15-18-14-17(6-8-19(18)26)7-9-20(27)28;1-13(2,3)16-12(15)9-6-10-4-7-11(14)8-5-10;1-5(2,3)6-4/h6,8,13-14,26H,5,7,9-12,15-16H2,1-4H3,(H,27,28);4-5,7-8,14H,6,9H2,1-3H3;1-4H3. The molecule has 294 valence electrons. The van der Waals surface area contributed by atoms with Gasteiger partial charge in [0.1, 0.15) is 29.0 Å². The van der Waals surface area contributed by atoms with Crippen molar-refractivity contribution in [2.24, 2.45) is 0 Å². The van der Waals surface area contributed by atoms with Crippen LogP contribution in [0.25, 0.3) is 0 Å². The second kappa shape index (κ2) is 23.5. The minimum absolute atomic E-state index is 0.00297. The maximum atomic E-state index is 12.4. The Bertz CT molecular complexity index is 1360. The molecule has 2 aromatic carbocycles. The van der Waals surface area contributed by atoms with Crippen LogP contribution in [0.4, 0.5) is 0 Å². The van der Waals surface area contributed by atoms with Crippen LogP contribution in [0.2, 0.25) is 0 Å². The molecule has 0 atom stereocenters. The number of hydrogen-bond donors (Lipinski definition) is 3. The summed E-state index contributed by atoms with van der Waals surface area (Å²) < 4.78 is 15.6. The van der Waals surface area contributed by atoms with E-state index in [0.717, 1.165) is 17.4 Å². The largest absolute Gasteiger partial charge is 0.508 e. The Kier molecular flexibility index (Phi) is 21.7. The highest BCUT2D eigenvalue weighted by molar-refractivity contribution is 5.72. The molecule has 0 spiro atoms. The van der Waals surface area contributed by atoms with E-state index < -0.39 is 17.2 Å². The molecule has 0 radical (unpaired) electrons. The number of esters is 2. The van der Waals surface area contributed by atoms with E-state index in [2.05, 4.69) is 0 Å². The number of hydrogen-bond acceptors (Lipinski definition) is 11. The number of carbonyl (C=O) groups is 4. The lowest BCUT2D eigenvalue weighted by molar-refractivity contribution is -0.157. The van der Waals surface area contributed by atoms with Crippen molar-refractivity contribution >= 4 is 24.2 Å². The number of aromatic hydroxyl groups is 2. The van der Waals surface area contributed by atoms with Gasteiger partial charge >= 0.3 is 17.9 Å². The Hall–Kier alpha value is -4.00. The molecule has 0 aliphatic rings. The number of likely N-dealkylation sites (N-methyl/N-ethyl adjacent to an activating group) is 1. The average molecular weight is 733 g/mol. The molecule has 12 heteroatoms. The Balaban J connectivity index is 0.000000978. The molecule has 0 heterocycles. The Morgan fingerprint density at radius 1 is 0.731 bits per heavy atom. The maximum Gasteiger partial charge on any atom is 0.320 e. The number of rotatable bonds is 16. The van der Waals surface area contributed by atoms with Gasteiger partial charge in [-0.2, -0.15) is 0 Å². The van der Waals surface area contributed by atoms with Gasteiger partial charge in [0.05, 0.1) is 18.7 Å². The van der Waals surface area contributed by atoms with Crippen molar-refractivity contribution in [3.63, 3.8) is 0 Å². The van der Waals surface area contributed by atoms with Crippen molar-refractivity contribution in [3.8, 4) is 11.5 Å². The van der Waals surface area contributed by atoms with Crippen LogP contribution in [0.15, 0.2) is 42.5 Å². The Morgan fingerprint density at radius 2 is 1.23 bits per heavy atom. The van der Waals surface area contributed by atoms with Gasteiger partial charge in [-0.25, -0.2) is 0 Å². The van der Waals surface area contributed by atoms with E-state index in [-0.39, 0.29) is 42.0 Å². The van der Waals surface area contributed by atoms with Gasteiger partial charge in [0.25, 0.3) is 0 Å². The third kappa shape index (κ3) is 25.9. The van der Waals surface area contributed by atoms with Crippen LogP contribution in [0.5, 0.6) is 11.5 Å². The van der Waals surface area contributed by atoms with Crippen LogP contribution < -0.4 is 0 Å². The minimum Gasteiger partial charge on any atom is -0.508 e. The van der Waals surface area contributed by atoms with Crippen LogP contribution in [-0.2, 0) is 52.8 Å². The molecule has 52 heavy (non-hydrogen) atoms. The van der Waals surface area contributed by atoms with E-state index in [1.165, 1.54) is 0 Å². The highest BCUT2D eigenvalue weighted by Gasteiger charge is 2.21. The molecule has 0 saturated heterocycles. The summed E-state index contributed by atoms with van der Waals surface area (Å²) in [5.41, 5.74) is 1.45. The number of carbonyl (C=O) groups excluding carboxylic acids is 3. The monoisotopic (exact) mass is 732 g/mol. The smallest absolute Gasteiger partial charge is 0.320 e. The quantitative estimate of drug-likeness (QED) is 0.133. The number of carboxylic acids is 1. The zero-order chi connectivity index (χ0) is 40.1. The molecular formula is C40H64N2O10. The predicted octanol–water partition coefficient (Wildman–Crippen LogP) is 6.17. The Labute approximate surface area is 311 Å². The fraction of sp³-hybridized carbons (Fsp3) is 0.600. The van der Waals surface area contributed by atoms with Crippen LogP contribution >= 0.6 is 0 Å². The first-order valence-electron chi connectivity index (χ1n) is 17.6. The van der Waals surface area contributed by atoms with E-state index in [1.807, 2.05) is 58.3 Å². The summed E-state index contributed by atoms with van der Waals surface area (Å²) >= 11 is 0. The molecule has 0 fully saturated rings. The molecule has 3 N–H and O–H groups in total. The first-order chi connectivity index (χ1) is 24.0. The number of aryl methyl sites for hydroxylation is 2. The lowest BCUT2D eigenvalue weighted by Crippen LogP contribution is -2.40. The molecule has 0 saturated carbocycles. The summed E-state index contributed by atoms with van der Waals surface area (Å²) in [6, 6.07) is 11.9. The average Bonchev–Trinajstić information content (AvgIpc) is 3.01. The van der Waals surface area contributed by atoms with E-state index >= 15 is 0 Å².